The van der Waals surface area contributed by atoms with Gasteiger partial charge in [0.15, 0.2) is 0 Å². The summed E-state index contributed by atoms with van der Waals surface area (Å²) >= 11 is 12.0. The Kier molecular flexibility index (Phi) is 7.95. The van der Waals surface area contributed by atoms with Crippen molar-refractivity contribution < 1.29 is 9.59 Å². The van der Waals surface area contributed by atoms with E-state index in [-0.39, 0.29) is 18.2 Å². The van der Waals surface area contributed by atoms with Crippen LogP contribution in [-0.4, -0.2) is 29.8 Å². The van der Waals surface area contributed by atoms with Gasteiger partial charge in [-0.3, -0.25) is 9.59 Å². The summed E-state index contributed by atoms with van der Waals surface area (Å²) in [6.45, 7) is 2.51. The highest BCUT2D eigenvalue weighted by atomic mass is 35.5. The molecule has 0 fully saturated rings. The number of carbonyl (C=O) groups excluding carboxylic acids is 2. The fourth-order valence-corrected chi connectivity index (χ4v) is 2.92. The van der Waals surface area contributed by atoms with Crippen LogP contribution >= 0.6 is 23.2 Å². The largest absolute Gasteiger partial charge is 0.342 e. The predicted octanol–water partition coefficient (Wildman–Crippen LogP) is 4.80. The number of amides is 2. The Bertz CT molecular complexity index is 751. The van der Waals surface area contributed by atoms with Gasteiger partial charge >= 0.3 is 0 Å². The molecule has 0 saturated carbocycles. The lowest BCUT2D eigenvalue weighted by Gasteiger charge is -2.21. The number of carbonyl (C=O) groups is 2. The molecule has 0 spiro atoms. The van der Waals surface area contributed by atoms with Gasteiger partial charge in [0.1, 0.15) is 0 Å². The molecule has 0 aliphatic rings. The van der Waals surface area contributed by atoms with E-state index in [1.165, 1.54) is 12.5 Å². The average Bonchev–Trinajstić information content (AvgIpc) is 2.61. The highest BCUT2D eigenvalue weighted by molar-refractivity contribution is 6.35. The maximum atomic E-state index is 12.1. The van der Waals surface area contributed by atoms with E-state index in [1.807, 2.05) is 18.2 Å². The Morgan fingerprint density at radius 1 is 1.04 bits per heavy atom. The molecule has 0 bridgehead atoms. The van der Waals surface area contributed by atoms with Crippen molar-refractivity contribution in [1.82, 2.24) is 4.90 Å². The third-order valence-electron chi connectivity index (χ3n) is 3.99. The molecule has 0 aromatic heterocycles. The van der Waals surface area contributed by atoms with E-state index in [2.05, 4.69) is 17.4 Å². The number of hydrogen-bond acceptors (Lipinski definition) is 2. The maximum absolute atomic E-state index is 12.1. The lowest BCUT2D eigenvalue weighted by molar-refractivity contribution is -0.129. The van der Waals surface area contributed by atoms with E-state index < -0.39 is 0 Å². The van der Waals surface area contributed by atoms with Gasteiger partial charge in [0, 0.05) is 31.5 Å². The van der Waals surface area contributed by atoms with Crippen molar-refractivity contribution in [1.29, 1.82) is 0 Å². The van der Waals surface area contributed by atoms with Crippen LogP contribution in [0.25, 0.3) is 0 Å². The van der Waals surface area contributed by atoms with Crippen LogP contribution in [0.5, 0.6) is 0 Å². The van der Waals surface area contributed by atoms with Gasteiger partial charge in [0.05, 0.1) is 10.7 Å². The summed E-state index contributed by atoms with van der Waals surface area (Å²) in [5, 5.41) is 3.66. The first-order valence-corrected chi connectivity index (χ1v) is 9.25. The van der Waals surface area contributed by atoms with Gasteiger partial charge in [-0.1, -0.05) is 53.5 Å². The molecule has 2 aromatic rings. The van der Waals surface area contributed by atoms with E-state index in [0.717, 1.165) is 12.8 Å². The number of nitrogens with one attached hydrogen (secondary N) is 1. The molecule has 0 aliphatic carbocycles. The molecule has 0 atom stereocenters. The quantitative estimate of drug-likeness (QED) is 0.700. The third-order valence-corrected chi connectivity index (χ3v) is 4.56. The number of halogens is 2. The van der Waals surface area contributed by atoms with Crippen LogP contribution < -0.4 is 5.32 Å². The predicted molar refractivity (Wildman–Crippen MR) is 107 cm³/mol. The summed E-state index contributed by atoms with van der Waals surface area (Å²) in [6.07, 6.45) is 1.95. The molecular formula is C20H22Cl2N2O2. The highest BCUT2D eigenvalue weighted by Crippen LogP contribution is 2.25. The topological polar surface area (TPSA) is 49.4 Å². The van der Waals surface area contributed by atoms with Crippen molar-refractivity contribution in [3.8, 4) is 0 Å². The second-order valence-corrected chi connectivity index (χ2v) is 6.86. The fourth-order valence-electron chi connectivity index (χ4n) is 2.59. The van der Waals surface area contributed by atoms with Gasteiger partial charge < -0.3 is 10.2 Å². The molecule has 0 heterocycles. The van der Waals surface area contributed by atoms with E-state index in [1.54, 1.807) is 23.1 Å². The summed E-state index contributed by atoms with van der Waals surface area (Å²) in [4.78, 5) is 25.7. The molecule has 2 aromatic carbocycles. The van der Waals surface area contributed by atoms with Crippen LogP contribution in [0.4, 0.5) is 5.69 Å². The first-order valence-electron chi connectivity index (χ1n) is 8.50. The van der Waals surface area contributed by atoms with Gasteiger partial charge in [-0.05, 0) is 36.6 Å². The minimum absolute atomic E-state index is 0.0355. The Morgan fingerprint density at radius 3 is 2.46 bits per heavy atom. The lowest BCUT2D eigenvalue weighted by atomic mass is 10.1. The molecule has 138 valence electrons. The molecule has 0 unspecified atom stereocenters. The molecule has 0 aliphatic heterocycles. The standard InChI is InChI=1S/C20H22Cl2N2O2/c1-15(25)24(12-5-8-16-6-3-2-4-7-16)13-11-20(26)23-19-14-17(21)9-10-18(19)22/h2-4,6-7,9-10,14H,5,8,11-13H2,1H3,(H,23,26). The molecule has 1 N–H and O–H groups in total. The van der Waals surface area contributed by atoms with Gasteiger partial charge in [0.25, 0.3) is 0 Å². The summed E-state index contributed by atoms with van der Waals surface area (Å²) in [7, 11) is 0. The lowest BCUT2D eigenvalue weighted by Crippen LogP contribution is -2.33. The van der Waals surface area contributed by atoms with E-state index >= 15 is 0 Å². The Morgan fingerprint density at radius 2 is 1.77 bits per heavy atom. The van der Waals surface area contributed by atoms with Crippen LogP contribution in [0.3, 0.4) is 0 Å². The first-order chi connectivity index (χ1) is 12.5. The molecule has 2 amide bonds. The number of rotatable bonds is 8. The Balaban J connectivity index is 1.80. The number of nitrogens with zero attached hydrogens (tertiary/aromatic N) is 1. The fraction of sp³-hybridized carbons (Fsp3) is 0.300. The number of aryl methyl sites for hydroxylation is 1. The monoisotopic (exact) mass is 392 g/mol. The van der Waals surface area contributed by atoms with Crippen molar-refractivity contribution in [2.24, 2.45) is 0 Å². The Labute approximate surface area is 164 Å². The summed E-state index contributed by atoms with van der Waals surface area (Å²) in [5.41, 5.74) is 1.71. The van der Waals surface area contributed by atoms with Gasteiger partial charge in [-0.15, -0.1) is 0 Å². The summed E-state index contributed by atoms with van der Waals surface area (Å²) in [6, 6.07) is 15.0. The third kappa shape index (κ3) is 6.70. The average molecular weight is 393 g/mol. The van der Waals surface area contributed by atoms with Crippen molar-refractivity contribution in [2.75, 3.05) is 18.4 Å². The zero-order chi connectivity index (χ0) is 18.9. The van der Waals surface area contributed by atoms with Crippen molar-refractivity contribution in [2.45, 2.75) is 26.2 Å². The van der Waals surface area contributed by atoms with Crippen molar-refractivity contribution in [3.05, 3.63) is 64.1 Å². The van der Waals surface area contributed by atoms with Crippen LogP contribution in [-0.2, 0) is 16.0 Å². The summed E-state index contributed by atoms with van der Waals surface area (Å²) in [5.74, 6) is -0.241. The van der Waals surface area contributed by atoms with Crippen LogP contribution in [0.15, 0.2) is 48.5 Å². The van der Waals surface area contributed by atoms with Crippen molar-refractivity contribution in [3.63, 3.8) is 0 Å². The van der Waals surface area contributed by atoms with E-state index in [0.29, 0.717) is 28.8 Å². The second-order valence-electron chi connectivity index (χ2n) is 6.02. The van der Waals surface area contributed by atoms with Crippen LogP contribution in [0.2, 0.25) is 10.0 Å². The smallest absolute Gasteiger partial charge is 0.226 e. The SMILES string of the molecule is CC(=O)N(CCCc1ccccc1)CCC(=O)Nc1cc(Cl)ccc1Cl. The highest BCUT2D eigenvalue weighted by Gasteiger charge is 2.12. The number of benzene rings is 2. The normalized spacial score (nSPS) is 10.4. The molecule has 4 nitrogen and oxygen atoms in total. The van der Waals surface area contributed by atoms with Gasteiger partial charge in [0.2, 0.25) is 11.8 Å². The second kappa shape index (κ2) is 10.2. The van der Waals surface area contributed by atoms with Crippen LogP contribution in [0.1, 0.15) is 25.3 Å². The minimum atomic E-state index is -0.205. The van der Waals surface area contributed by atoms with Gasteiger partial charge in [-0.2, -0.15) is 0 Å². The zero-order valence-corrected chi connectivity index (χ0v) is 16.2. The Hall–Kier alpha value is -2.04. The molecule has 0 saturated heterocycles. The summed E-state index contributed by atoms with van der Waals surface area (Å²) < 4.78 is 0. The van der Waals surface area contributed by atoms with Crippen LogP contribution in [0, 0.1) is 0 Å². The minimum Gasteiger partial charge on any atom is -0.342 e. The zero-order valence-electron chi connectivity index (χ0n) is 14.7. The van der Waals surface area contributed by atoms with Gasteiger partial charge in [-0.25, -0.2) is 0 Å². The molecule has 0 radical (unpaired) electrons. The van der Waals surface area contributed by atoms with Crippen molar-refractivity contribution >= 4 is 40.7 Å². The first kappa shape index (κ1) is 20.3. The molecule has 2 rings (SSSR count). The molecule has 26 heavy (non-hydrogen) atoms. The van der Waals surface area contributed by atoms with E-state index in [4.69, 9.17) is 23.2 Å². The van der Waals surface area contributed by atoms with E-state index in [9.17, 15) is 9.59 Å². The number of hydrogen-bond donors (Lipinski definition) is 1. The molecule has 6 heteroatoms. The molecular weight excluding hydrogens is 371 g/mol. The maximum Gasteiger partial charge on any atom is 0.226 e. The number of anilines is 1.